The molecule has 2 aromatic rings. The van der Waals surface area contributed by atoms with E-state index in [9.17, 15) is 13.2 Å². The van der Waals surface area contributed by atoms with Crippen LogP contribution in [0.4, 0.5) is 11.4 Å². The summed E-state index contributed by atoms with van der Waals surface area (Å²) in [5.74, 6) is 0.0183. The number of piperazine rings is 1. The Balaban J connectivity index is 1.61. The van der Waals surface area contributed by atoms with Crippen molar-refractivity contribution in [2.45, 2.75) is 44.6 Å². The van der Waals surface area contributed by atoms with Gasteiger partial charge < -0.3 is 9.80 Å². The molecule has 2 aliphatic rings. The molecule has 0 bridgehead atoms. The van der Waals surface area contributed by atoms with Crippen molar-refractivity contribution in [3.63, 3.8) is 0 Å². The average Bonchev–Trinajstić information content (AvgIpc) is 3.15. The summed E-state index contributed by atoms with van der Waals surface area (Å²) >= 11 is 3.48. The van der Waals surface area contributed by atoms with E-state index in [1.807, 2.05) is 19.1 Å². The molecular weight excluding hydrogens is 478 g/mol. The van der Waals surface area contributed by atoms with Gasteiger partial charge >= 0.3 is 0 Å². The van der Waals surface area contributed by atoms with Crippen LogP contribution in [0.5, 0.6) is 0 Å². The number of nitrogens with zero attached hydrogens (tertiary/aromatic N) is 3. The number of hydrogen-bond acceptors (Lipinski definition) is 4. The first kappa shape index (κ1) is 22.3. The maximum atomic E-state index is 13.6. The number of benzene rings is 2. The molecule has 1 atom stereocenters. The van der Waals surface area contributed by atoms with Crippen LogP contribution in [-0.2, 0) is 21.2 Å². The lowest BCUT2D eigenvalue weighted by Gasteiger charge is -2.40. The van der Waals surface area contributed by atoms with Gasteiger partial charge in [-0.2, -0.15) is 4.31 Å². The number of rotatable bonds is 4. The van der Waals surface area contributed by atoms with Crippen molar-refractivity contribution in [2.75, 3.05) is 36.0 Å². The first-order chi connectivity index (χ1) is 14.7. The van der Waals surface area contributed by atoms with Gasteiger partial charge in [0.25, 0.3) is 0 Å². The van der Waals surface area contributed by atoms with Crippen LogP contribution in [0.25, 0.3) is 0 Å². The third-order valence-electron chi connectivity index (χ3n) is 6.17. The Hall–Kier alpha value is -1.90. The van der Waals surface area contributed by atoms with Crippen molar-refractivity contribution in [3.05, 3.63) is 52.0 Å². The third-order valence-corrected chi connectivity index (χ3v) is 9.00. The van der Waals surface area contributed by atoms with Crippen LogP contribution in [0.1, 0.15) is 31.4 Å². The van der Waals surface area contributed by atoms with E-state index in [0.29, 0.717) is 37.1 Å². The molecule has 0 N–H and O–H groups in total. The Labute approximate surface area is 193 Å². The van der Waals surface area contributed by atoms with Crippen LogP contribution in [0, 0.1) is 6.92 Å². The fourth-order valence-corrected chi connectivity index (χ4v) is 7.09. The Bertz CT molecular complexity index is 1120. The number of hydrogen-bond donors (Lipinski definition) is 0. The molecule has 0 radical (unpaired) electrons. The summed E-state index contributed by atoms with van der Waals surface area (Å²) in [6.45, 7) is 8.01. The smallest absolute Gasteiger partial charge is 0.244 e. The molecule has 2 heterocycles. The van der Waals surface area contributed by atoms with E-state index in [-0.39, 0.29) is 16.8 Å². The number of anilines is 2. The Morgan fingerprint density at radius 1 is 1.16 bits per heavy atom. The van der Waals surface area contributed by atoms with Crippen LogP contribution in [-0.4, -0.2) is 50.9 Å². The van der Waals surface area contributed by atoms with Gasteiger partial charge in [0, 0.05) is 54.5 Å². The number of halogens is 1. The minimum atomic E-state index is -3.70. The summed E-state index contributed by atoms with van der Waals surface area (Å²) in [5, 5.41) is 0. The van der Waals surface area contributed by atoms with Crippen LogP contribution < -0.4 is 9.80 Å². The third kappa shape index (κ3) is 4.13. The van der Waals surface area contributed by atoms with Crippen molar-refractivity contribution < 1.29 is 13.2 Å². The maximum Gasteiger partial charge on any atom is 0.244 e. The summed E-state index contributed by atoms with van der Waals surface area (Å²) in [6, 6.07) is 11.9. The van der Waals surface area contributed by atoms with Gasteiger partial charge in [-0.25, -0.2) is 8.42 Å². The van der Waals surface area contributed by atoms with E-state index in [4.69, 9.17) is 0 Å². The van der Waals surface area contributed by atoms with Gasteiger partial charge in [0.15, 0.2) is 0 Å². The molecule has 4 rings (SSSR count). The summed E-state index contributed by atoms with van der Waals surface area (Å²) in [4.78, 5) is 16.5. The van der Waals surface area contributed by atoms with Gasteiger partial charge in [0.1, 0.15) is 0 Å². The van der Waals surface area contributed by atoms with Gasteiger partial charge in [0.05, 0.1) is 4.90 Å². The lowest BCUT2D eigenvalue weighted by atomic mass is 10.1. The molecule has 1 fully saturated rings. The summed E-state index contributed by atoms with van der Waals surface area (Å²) in [5.41, 5.74) is 4.04. The van der Waals surface area contributed by atoms with Gasteiger partial charge in [-0.3, -0.25) is 4.79 Å². The zero-order valence-electron chi connectivity index (χ0n) is 18.1. The van der Waals surface area contributed by atoms with Crippen molar-refractivity contribution in [2.24, 2.45) is 0 Å². The quantitative estimate of drug-likeness (QED) is 0.630. The molecular formula is C23H28BrN3O3S. The molecule has 0 saturated carbocycles. The van der Waals surface area contributed by atoms with Crippen LogP contribution in [0.3, 0.4) is 0 Å². The molecule has 0 aromatic heterocycles. The first-order valence-corrected chi connectivity index (χ1v) is 12.9. The molecule has 2 aliphatic heterocycles. The Morgan fingerprint density at radius 2 is 1.94 bits per heavy atom. The lowest BCUT2D eigenvalue weighted by molar-refractivity contribution is -0.118. The maximum absolute atomic E-state index is 13.6. The second-order valence-electron chi connectivity index (χ2n) is 8.30. The highest BCUT2D eigenvalue weighted by atomic mass is 79.9. The van der Waals surface area contributed by atoms with Crippen LogP contribution in [0.2, 0.25) is 0 Å². The number of sulfonamides is 1. The number of carbonyl (C=O) groups excluding carboxylic acids is 1. The second-order valence-corrected chi connectivity index (χ2v) is 11.1. The minimum absolute atomic E-state index is 0.0183. The second kappa shape index (κ2) is 8.56. The van der Waals surface area contributed by atoms with E-state index in [1.165, 1.54) is 5.56 Å². The minimum Gasteiger partial charge on any atom is -0.366 e. The fraction of sp³-hybridized carbons (Fsp3) is 0.435. The molecule has 1 unspecified atom stereocenters. The number of aryl methyl sites for hydroxylation is 1. The SMILES string of the molecule is CCC(=O)N1CCc2cc(Br)c(S(=O)(=O)N3CCN(c4cccc(C)c4)C(C)C3)cc21. The molecule has 1 amide bonds. The Kier molecular flexibility index (Phi) is 6.16. The van der Waals surface area contributed by atoms with E-state index in [1.54, 1.807) is 15.3 Å². The van der Waals surface area contributed by atoms with Gasteiger partial charge in [0.2, 0.25) is 15.9 Å². The molecule has 8 heteroatoms. The van der Waals surface area contributed by atoms with Gasteiger partial charge in [-0.05, 0) is 71.6 Å². The molecule has 6 nitrogen and oxygen atoms in total. The first-order valence-electron chi connectivity index (χ1n) is 10.7. The summed E-state index contributed by atoms with van der Waals surface area (Å²) in [6.07, 6.45) is 1.14. The molecule has 2 aromatic carbocycles. The number of amides is 1. The molecule has 166 valence electrons. The van der Waals surface area contributed by atoms with Crippen LogP contribution >= 0.6 is 15.9 Å². The molecule has 0 spiro atoms. The van der Waals surface area contributed by atoms with E-state index >= 15 is 0 Å². The summed E-state index contributed by atoms with van der Waals surface area (Å²) in [7, 11) is -3.70. The van der Waals surface area contributed by atoms with Gasteiger partial charge in [-0.15, -0.1) is 0 Å². The molecule has 1 saturated heterocycles. The fourth-order valence-electron chi connectivity index (χ4n) is 4.51. The number of carbonyl (C=O) groups is 1. The zero-order valence-corrected chi connectivity index (χ0v) is 20.5. The molecule has 31 heavy (non-hydrogen) atoms. The predicted molar refractivity (Wildman–Crippen MR) is 127 cm³/mol. The number of fused-ring (bicyclic) bond motifs is 1. The average molecular weight is 506 g/mol. The van der Waals surface area contributed by atoms with Crippen molar-refractivity contribution in [3.8, 4) is 0 Å². The monoisotopic (exact) mass is 505 g/mol. The predicted octanol–water partition coefficient (Wildman–Crippen LogP) is 3.96. The van der Waals surface area contributed by atoms with Crippen molar-refractivity contribution >= 4 is 43.2 Å². The zero-order chi connectivity index (χ0) is 22.3. The highest BCUT2D eigenvalue weighted by Gasteiger charge is 2.35. The van der Waals surface area contributed by atoms with E-state index < -0.39 is 10.0 Å². The van der Waals surface area contributed by atoms with Crippen LogP contribution in [0.15, 0.2) is 45.8 Å². The van der Waals surface area contributed by atoms with E-state index in [2.05, 4.69) is 52.9 Å². The van der Waals surface area contributed by atoms with Gasteiger partial charge in [-0.1, -0.05) is 19.1 Å². The lowest BCUT2D eigenvalue weighted by Crippen LogP contribution is -2.53. The largest absolute Gasteiger partial charge is 0.366 e. The van der Waals surface area contributed by atoms with Crippen molar-refractivity contribution in [1.29, 1.82) is 0 Å². The highest BCUT2D eigenvalue weighted by Crippen LogP contribution is 2.37. The highest BCUT2D eigenvalue weighted by molar-refractivity contribution is 9.10. The Morgan fingerprint density at radius 3 is 2.61 bits per heavy atom. The normalized spacial score (nSPS) is 19.5. The molecule has 0 aliphatic carbocycles. The standard InChI is InChI=1S/C23H28BrN3O3S/c1-4-23(28)27-9-8-18-13-20(24)22(14-21(18)27)31(29,30)25-10-11-26(17(3)15-25)19-7-5-6-16(2)12-19/h5-7,12-14,17H,4,8-11,15H2,1-3H3. The van der Waals surface area contributed by atoms with Crippen molar-refractivity contribution in [1.82, 2.24) is 4.31 Å². The van der Waals surface area contributed by atoms with E-state index in [0.717, 1.165) is 23.4 Å². The topological polar surface area (TPSA) is 60.9 Å². The summed E-state index contributed by atoms with van der Waals surface area (Å²) < 4.78 is 29.3.